The molecule has 1 heterocycles. The molecule has 5 aromatic rings. The number of halogens is 1. The molecule has 4 saturated carbocycles. The quantitative estimate of drug-likeness (QED) is 0.218. The van der Waals surface area contributed by atoms with Crippen LogP contribution in [0.4, 0.5) is 0 Å². The van der Waals surface area contributed by atoms with Gasteiger partial charge in [0.1, 0.15) is 0 Å². The van der Waals surface area contributed by atoms with Gasteiger partial charge in [-0.25, -0.2) is 0 Å². The molecule has 36 heavy (non-hydrogen) atoms. The van der Waals surface area contributed by atoms with Crippen LogP contribution in [-0.4, -0.2) is 4.57 Å². The van der Waals surface area contributed by atoms with Crippen molar-refractivity contribution in [1.82, 2.24) is 4.57 Å². The summed E-state index contributed by atoms with van der Waals surface area (Å²) >= 11 is 3.96. The van der Waals surface area contributed by atoms with E-state index in [1.807, 2.05) is 0 Å². The second-order valence-corrected chi connectivity index (χ2v) is 12.6. The van der Waals surface area contributed by atoms with Gasteiger partial charge in [-0.3, -0.25) is 0 Å². The SMILES string of the molecule is Brc1ccc(C23CC4CC(CC(C4)C2)C3)cc1-c1ccccc1-n1c2ccccc2c2ccccc21. The predicted octanol–water partition coefficient (Wildman–Crippen LogP) is 9.68. The van der Waals surface area contributed by atoms with E-state index in [2.05, 4.69) is 111 Å². The molecule has 1 nitrogen and oxygen atoms in total. The minimum absolute atomic E-state index is 0.395. The molecule has 4 aliphatic carbocycles. The Labute approximate surface area is 221 Å². The van der Waals surface area contributed by atoms with Crippen molar-refractivity contribution in [3.8, 4) is 16.8 Å². The van der Waals surface area contributed by atoms with E-state index >= 15 is 0 Å². The van der Waals surface area contributed by atoms with E-state index < -0.39 is 0 Å². The van der Waals surface area contributed by atoms with Crippen molar-refractivity contribution in [2.24, 2.45) is 17.8 Å². The standard InChI is InChI=1S/C34H30BrN/c35-30-14-13-25(34-19-22-15-23(20-34)17-24(16-22)21-34)18-29(30)28-9-3-6-12-33(28)36-31-10-4-1-7-26(31)27-8-2-5-11-32(27)36/h1-14,18,22-24H,15-17,19-21H2. The Balaban J connectivity index is 1.33. The Morgan fingerprint density at radius 3 is 1.81 bits per heavy atom. The summed E-state index contributed by atoms with van der Waals surface area (Å²) in [5, 5.41) is 2.62. The van der Waals surface area contributed by atoms with Gasteiger partial charge < -0.3 is 4.57 Å². The van der Waals surface area contributed by atoms with Crippen LogP contribution in [0.2, 0.25) is 0 Å². The summed E-state index contributed by atoms with van der Waals surface area (Å²) in [7, 11) is 0. The third-order valence-electron chi connectivity index (χ3n) is 9.63. The fraction of sp³-hybridized carbons (Fsp3) is 0.294. The van der Waals surface area contributed by atoms with Gasteiger partial charge in [0.2, 0.25) is 0 Å². The van der Waals surface area contributed by atoms with Crippen LogP contribution in [0.1, 0.15) is 44.1 Å². The molecule has 0 amide bonds. The summed E-state index contributed by atoms with van der Waals surface area (Å²) in [6.45, 7) is 0. The number of fused-ring (bicyclic) bond motifs is 3. The van der Waals surface area contributed by atoms with Crippen LogP contribution >= 0.6 is 15.9 Å². The zero-order valence-corrected chi connectivity index (χ0v) is 22.0. The van der Waals surface area contributed by atoms with Crippen molar-refractivity contribution in [2.45, 2.75) is 43.9 Å². The maximum Gasteiger partial charge on any atom is 0.0541 e. The van der Waals surface area contributed by atoms with E-state index in [4.69, 9.17) is 0 Å². The van der Waals surface area contributed by atoms with E-state index in [0.29, 0.717) is 5.41 Å². The highest BCUT2D eigenvalue weighted by molar-refractivity contribution is 9.10. The summed E-state index contributed by atoms with van der Waals surface area (Å²) in [5.74, 6) is 2.86. The molecule has 0 aliphatic heterocycles. The summed E-state index contributed by atoms with van der Waals surface area (Å²) in [5.41, 5.74) is 8.36. The van der Waals surface area contributed by atoms with Gasteiger partial charge in [0.25, 0.3) is 0 Å². The summed E-state index contributed by atoms with van der Waals surface area (Å²) in [6.07, 6.45) is 8.65. The Morgan fingerprint density at radius 2 is 1.17 bits per heavy atom. The molecule has 0 saturated heterocycles. The van der Waals surface area contributed by atoms with Gasteiger partial charge in [-0.2, -0.15) is 0 Å². The van der Waals surface area contributed by atoms with E-state index in [1.54, 1.807) is 5.56 Å². The first-order chi connectivity index (χ1) is 17.7. The lowest BCUT2D eigenvalue weighted by Gasteiger charge is -2.57. The van der Waals surface area contributed by atoms with Crippen LogP contribution in [0.5, 0.6) is 0 Å². The Kier molecular flexibility index (Phi) is 4.62. The Bertz CT molecular complexity index is 1550. The number of hydrogen-bond donors (Lipinski definition) is 0. The van der Waals surface area contributed by atoms with Crippen molar-refractivity contribution < 1.29 is 0 Å². The fourth-order valence-corrected chi connectivity index (χ4v) is 9.06. The molecule has 0 radical (unpaired) electrons. The summed E-state index contributed by atoms with van der Waals surface area (Å²) in [6, 6.07) is 33.9. The molecule has 0 atom stereocenters. The van der Waals surface area contributed by atoms with Crippen molar-refractivity contribution >= 4 is 37.7 Å². The molecule has 4 bridgehead atoms. The highest BCUT2D eigenvalue weighted by Gasteiger charge is 2.51. The number of para-hydroxylation sites is 3. The van der Waals surface area contributed by atoms with Crippen LogP contribution in [0.3, 0.4) is 0 Å². The topological polar surface area (TPSA) is 4.93 Å². The van der Waals surface area contributed by atoms with E-state index in [-0.39, 0.29) is 0 Å². The van der Waals surface area contributed by atoms with Crippen LogP contribution < -0.4 is 0 Å². The monoisotopic (exact) mass is 531 g/mol. The second kappa shape index (κ2) is 7.83. The van der Waals surface area contributed by atoms with Gasteiger partial charge in [0, 0.05) is 20.8 Å². The summed E-state index contributed by atoms with van der Waals surface area (Å²) < 4.78 is 3.65. The predicted molar refractivity (Wildman–Crippen MR) is 154 cm³/mol. The first-order valence-corrected chi connectivity index (χ1v) is 14.4. The molecule has 4 fully saturated rings. The number of aromatic nitrogens is 1. The molecule has 0 N–H and O–H groups in total. The normalized spacial score (nSPS) is 26.8. The lowest BCUT2D eigenvalue weighted by atomic mass is 9.48. The van der Waals surface area contributed by atoms with Crippen LogP contribution in [0.25, 0.3) is 38.6 Å². The third-order valence-corrected chi connectivity index (χ3v) is 10.3. The largest absolute Gasteiger partial charge is 0.309 e. The summed E-state index contributed by atoms with van der Waals surface area (Å²) in [4.78, 5) is 0. The average Bonchev–Trinajstić information content (AvgIpc) is 3.23. The van der Waals surface area contributed by atoms with Crippen molar-refractivity contribution in [3.05, 3.63) is 101 Å². The van der Waals surface area contributed by atoms with E-state index in [9.17, 15) is 0 Å². The number of nitrogens with zero attached hydrogens (tertiary/aromatic N) is 1. The maximum atomic E-state index is 3.96. The lowest BCUT2D eigenvalue weighted by Crippen LogP contribution is -2.48. The molecule has 0 unspecified atom stereocenters. The smallest absolute Gasteiger partial charge is 0.0541 e. The third kappa shape index (κ3) is 3.07. The molecule has 0 spiro atoms. The Hall–Kier alpha value is -2.84. The number of rotatable bonds is 3. The van der Waals surface area contributed by atoms with Crippen LogP contribution in [0.15, 0.2) is 95.5 Å². The maximum absolute atomic E-state index is 3.96. The molecular weight excluding hydrogens is 502 g/mol. The van der Waals surface area contributed by atoms with E-state index in [1.165, 1.54) is 81.6 Å². The molecular formula is C34H30BrN. The van der Waals surface area contributed by atoms with Crippen molar-refractivity contribution in [1.29, 1.82) is 0 Å². The minimum atomic E-state index is 0.395. The van der Waals surface area contributed by atoms with Gasteiger partial charge in [-0.1, -0.05) is 76.6 Å². The molecule has 4 aliphatic rings. The molecule has 4 aromatic carbocycles. The first-order valence-electron chi connectivity index (χ1n) is 13.6. The van der Waals surface area contributed by atoms with Gasteiger partial charge >= 0.3 is 0 Å². The van der Waals surface area contributed by atoms with Gasteiger partial charge in [0.15, 0.2) is 0 Å². The van der Waals surface area contributed by atoms with Crippen molar-refractivity contribution in [3.63, 3.8) is 0 Å². The van der Waals surface area contributed by atoms with E-state index in [0.717, 1.165) is 17.8 Å². The highest BCUT2D eigenvalue weighted by atomic mass is 79.9. The number of hydrogen-bond acceptors (Lipinski definition) is 0. The Morgan fingerprint density at radius 1 is 0.611 bits per heavy atom. The zero-order valence-electron chi connectivity index (χ0n) is 20.5. The fourth-order valence-electron chi connectivity index (χ4n) is 8.60. The van der Waals surface area contributed by atoms with Gasteiger partial charge in [-0.05, 0) is 103 Å². The van der Waals surface area contributed by atoms with Crippen molar-refractivity contribution in [2.75, 3.05) is 0 Å². The lowest BCUT2D eigenvalue weighted by molar-refractivity contribution is -0.00517. The highest BCUT2D eigenvalue weighted by Crippen LogP contribution is 2.61. The molecule has 1 aromatic heterocycles. The number of benzene rings is 4. The minimum Gasteiger partial charge on any atom is -0.309 e. The zero-order chi connectivity index (χ0) is 23.9. The van der Waals surface area contributed by atoms with Crippen LogP contribution in [0, 0.1) is 17.8 Å². The average molecular weight is 533 g/mol. The van der Waals surface area contributed by atoms with Gasteiger partial charge in [-0.15, -0.1) is 0 Å². The molecule has 178 valence electrons. The van der Waals surface area contributed by atoms with Crippen LogP contribution in [-0.2, 0) is 5.41 Å². The molecule has 9 rings (SSSR count). The first kappa shape index (κ1) is 21.3. The second-order valence-electron chi connectivity index (χ2n) is 11.8. The molecule has 2 heteroatoms. The van der Waals surface area contributed by atoms with Gasteiger partial charge in [0.05, 0.1) is 16.7 Å².